The molecule has 1 aromatic rings. The first kappa shape index (κ1) is 17.6. The van der Waals surface area contributed by atoms with Gasteiger partial charge in [0.05, 0.1) is 11.1 Å². The van der Waals surface area contributed by atoms with E-state index in [1.54, 1.807) is 0 Å². The number of ether oxygens (including phenoxy) is 1. The van der Waals surface area contributed by atoms with E-state index in [0.29, 0.717) is 19.4 Å². The Morgan fingerprint density at radius 1 is 1.14 bits per heavy atom. The molecule has 1 saturated heterocycles. The van der Waals surface area contributed by atoms with Crippen molar-refractivity contribution in [2.45, 2.75) is 64.3 Å². The standard InChI is InChI=1S/C17H27NO3P/c1-6-21-17(19)12-15(2,3)18(16(4,5)13-17)22(20)14-10-8-7-9-11-14/h7-11,19H,6,12-13H2,1-5H3/q+1. The van der Waals surface area contributed by atoms with Crippen LogP contribution < -0.4 is 5.30 Å². The molecule has 0 bridgehead atoms. The van der Waals surface area contributed by atoms with Crippen LogP contribution in [0.1, 0.15) is 47.5 Å². The lowest BCUT2D eigenvalue weighted by Gasteiger charge is -2.51. The molecule has 1 aliphatic rings. The SMILES string of the molecule is CCOC1(O)CC(C)(C)N([P+](=O)c2ccccc2)C(C)(C)C1. The first-order valence-corrected chi connectivity index (χ1v) is 9.01. The van der Waals surface area contributed by atoms with Gasteiger partial charge in [0.15, 0.2) is 5.79 Å². The van der Waals surface area contributed by atoms with Gasteiger partial charge in [-0.3, -0.25) is 0 Å². The number of hydrogen-bond donors (Lipinski definition) is 1. The Morgan fingerprint density at radius 2 is 1.64 bits per heavy atom. The molecule has 2 rings (SSSR count). The van der Waals surface area contributed by atoms with E-state index in [1.165, 1.54) is 0 Å². The van der Waals surface area contributed by atoms with Crippen molar-refractivity contribution in [2.24, 2.45) is 0 Å². The molecule has 0 saturated carbocycles. The molecule has 1 aliphatic heterocycles. The number of nitrogens with zero attached hydrogens (tertiary/aromatic N) is 1. The predicted molar refractivity (Wildman–Crippen MR) is 89.5 cm³/mol. The second-order valence-electron chi connectivity index (χ2n) is 7.28. The number of aliphatic hydroxyl groups is 1. The third kappa shape index (κ3) is 3.41. The zero-order valence-corrected chi connectivity index (χ0v) is 15.1. The second kappa shape index (κ2) is 6.01. The molecule has 22 heavy (non-hydrogen) atoms. The monoisotopic (exact) mass is 324 g/mol. The van der Waals surface area contributed by atoms with Crippen molar-refractivity contribution >= 4 is 13.3 Å². The Hall–Kier alpha value is -0.800. The molecule has 1 N–H and O–H groups in total. The van der Waals surface area contributed by atoms with Gasteiger partial charge in [0, 0.05) is 19.4 Å². The van der Waals surface area contributed by atoms with Crippen molar-refractivity contribution in [1.82, 2.24) is 4.67 Å². The molecule has 0 spiro atoms. The zero-order valence-electron chi connectivity index (χ0n) is 14.2. The largest absolute Gasteiger partial charge is 0.475 e. The average Bonchev–Trinajstić information content (AvgIpc) is 2.36. The molecular weight excluding hydrogens is 297 g/mol. The normalized spacial score (nSPS) is 24.0. The molecule has 4 nitrogen and oxygen atoms in total. The van der Waals surface area contributed by atoms with Gasteiger partial charge >= 0.3 is 7.95 Å². The van der Waals surface area contributed by atoms with Gasteiger partial charge in [-0.2, -0.15) is 0 Å². The van der Waals surface area contributed by atoms with Gasteiger partial charge in [-0.15, -0.1) is 0 Å². The summed E-state index contributed by atoms with van der Waals surface area (Å²) >= 11 is 0. The lowest BCUT2D eigenvalue weighted by molar-refractivity contribution is -0.255. The summed E-state index contributed by atoms with van der Waals surface area (Å²) in [7, 11) is -1.70. The second-order valence-corrected chi connectivity index (χ2v) is 8.74. The Kier molecular flexibility index (Phi) is 4.79. The van der Waals surface area contributed by atoms with E-state index in [0.717, 1.165) is 5.30 Å². The molecule has 0 aliphatic carbocycles. The maximum Gasteiger partial charge on any atom is 0.475 e. The Morgan fingerprint density at radius 3 is 2.09 bits per heavy atom. The van der Waals surface area contributed by atoms with Crippen LogP contribution in [0.4, 0.5) is 0 Å². The topological polar surface area (TPSA) is 49.8 Å². The maximum absolute atomic E-state index is 13.2. The van der Waals surface area contributed by atoms with E-state index < -0.39 is 24.8 Å². The summed E-state index contributed by atoms with van der Waals surface area (Å²) in [6.07, 6.45) is 0.871. The van der Waals surface area contributed by atoms with E-state index >= 15 is 0 Å². The van der Waals surface area contributed by atoms with E-state index in [1.807, 2.05) is 69.6 Å². The van der Waals surface area contributed by atoms with Gasteiger partial charge in [-0.1, -0.05) is 22.9 Å². The van der Waals surface area contributed by atoms with Crippen LogP contribution in [-0.4, -0.2) is 33.2 Å². The first-order valence-electron chi connectivity index (χ1n) is 7.80. The Balaban J connectivity index is 2.37. The van der Waals surface area contributed by atoms with Gasteiger partial charge in [-0.25, -0.2) is 0 Å². The molecule has 0 aromatic heterocycles. The van der Waals surface area contributed by atoms with Crippen molar-refractivity contribution in [3.05, 3.63) is 30.3 Å². The summed E-state index contributed by atoms with van der Waals surface area (Å²) in [4.78, 5) is 0. The lowest BCUT2D eigenvalue weighted by atomic mass is 9.78. The van der Waals surface area contributed by atoms with Crippen molar-refractivity contribution in [3.8, 4) is 0 Å². The van der Waals surface area contributed by atoms with Crippen molar-refractivity contribution in [2.75, 3.05) is 6.61 Å². The highest BCUT2D eigenvalue weighted by molar-refractivity contribution is 7.51. The summed E-state index contributed by atoms with van der Waals surface area (Å²) in [5.74, 6) is -1.16. The smallest absolute Gasteiger partial charge is 0.365 e. The molecule has 1 atom stereocenters. The number of piperidine rings is 1. The summed E-state index contributed by atoms with van der Waals surface area (Å²) in [5, 5.41) is 11.6. The summed E-state index contributed by atoms with van der Waals surface area (Å²) < 4.78 is 20.8. The minimum atomic E-state index is -1.70. The fraction of sp³-hybridized carbons (Fsp3) is 0.647. The van der Waals surface area contributed by atoms with E-state index in [4.69, 9.17) is 4.74 Å². The van der Waals surface area contributed by atoms with Gasteiger partial charge in [0.1, 0.15) is 0 Å². The number of rotatable bonds is 4. The molecule has 122 valence electrons. The Bertz CT molecular complexity index is 524. The van der Waals surface area contributed by atoms with Crippen LogP contribution in [0, 0.1) is 0 Å². The fourth-order valence-corrected chi connectivity index (χ4v) is 5.70. The van der Waals surface area contributed by atoms with Crippen LogP contribution in [0.2, 0.25) is 0 Å². The van der Waals surface area contributed by atoms with Crippen molar-refractivity contribution in [3.63, 3.8) is 0 Å². The highest BCUT2D eigenvalue weighted by atomic mass is 31.1. The zero-order chi connectivity index (χ0) is 16.6. The summed E-state index contributed by atoms with van der Waals surface area (Å²) in [6, 6.07) is 9.53. The number of hydrogen-bond acceptors (Lipinski definition) is 3. The Labute approximate surface area is 134 Å². The van der Waals surface area contributed by atoms with Crippen molar-refractivity contribution < 1.29 is 14.4 Å². The van der Waals surface area contributed by atoms with E-state index in [9.17, 15) is 9.67 Å². The summed E-state index contributed by atoms with van der Waals surface area (Å²) in [5.41, 5.74) is -0.871. The van der Waals surface area contributed by atoms with Gasteiger partial charge in [-0.05, 0) is 51.3 Å². The number of benzene rings is 1. The molecular formula is C17H27NO3P+. The molecule has 1 heterocycles. The van der Waals surface area contributed by atoms with Crippen LogP contribution >= 0.6 is 7.95 Å². The average molecular weight is 324 g/mol. The van der Waals surface area contributed by atoms with Crippen LogP contribution in [0.15, 0.2) is 30.3 Å². The molecule has 1 fully saturated rings. The summed E-state index contributed by atoms with van der Waals surface area (Å²) in [6.45, 7) is 10.4. The minimum absolute atomic E-state index is 0.436. The third-order valence-electron chi connectivity index (χ3n) is 4.14. The van der Waals surface area contributed by atoms with Gasteiger partial charge < -0.3 is 9.84 Å². The minimum Gasteiger partial charge on any atom is -0.365 e. The van der Waals surface area contributed by atoms with Crippen LogP contribution in [0.5, 0.6) is 0 Å². The van der Waals surface area contributed by atoms with Crippen molar-refractivity contribution in [1.29, 1.82) is 0 Å². The molecule has 0 amide bonds. The molecule has 1 aromatic carbocycles. The van der Waals surface area contributed by atoms with Crippen LogP contribution in [0.25, 0.3) is 0 Å². The lowest BCUT2D eigenvalue weighted by Crippen LogP contribution is -2.63. The van der Waals surface area contributed by atoms with Crippen LogP contribution in [-0.2, 0) is 9.30 Å². The third-order valence-corrected chi connectivity index (χ3v) is 6.32. The highest BCUT2D eigenvalue weighted by Gasteiger charge is 2.60. The van der Waals surface area contributed by atoms with Gasteiger partial charge in [0.25, 0.3) is 0 Å². The molecule has 0 radical (unpaired) electrons. The van der Waals surface area contributed by atoms with E-state index in [-0.39, 0.29) is 0 Å². The molecule has 5 heteroatoms. The van der Waals surface area contributed by atoms with Crippen LogP contribution in [0.3, 0.4) is 0 Å². The van der Waals surface area contributed by atoms with E-state index in [2.05, 4.69) is 0 Å². The quantitative estimate of drug-likeness (QED) is 0.681. The predicted octanol–water partition coefficient (Wildman–Crippen LogP) is 3.43. The maximum atomic E-state index is 13.2. The van der Waals surface area contributed by atoms with Gasteiger partial charge in [0.2, 0.25) is 5.30 Å². The highest BCUT2D eigenvalue weighted by Crippen LogP contribution is 2.51. The first-order chi connectivity index (χ1) is 10.1. The molecule has 1 unspecified atom stereocenters. The fourth-order valence-electron chi connectivity index (χ4n) is 3.92.